The number of halogens is 5. The number of nitrogens with zero attached hydrogens (tertiary/aromatic N) is 3. The van der Waals surface area contributed by atoms with Crippen molar-refractivity contribution in [2.75, 3.05) is 5.32 Å². The summed E-state index contributed by atoms with van der Waals surface area (Å²) in [6, 6.07) is 2.44. The molecule has 0 radical (unpaired) electrons. The van der Waals surface area contributed by atoms with Gasteiger partial charge in [-0.3, -0.25) is 14.2 Å². The van der Waals surface area contributed by atoms with Crippen molar-refractivity contribution in [2.45, 2.75) is 12.7 Å². The molecule has 4 rings (SSSR count). The van der Waals surface area contributed by atoms with E-state index < -0.39 is 34.7 Å². The van der Waals surface area contributed by atoms with Crippen molar-refractivity contribution in [3.63, 3.8) is 0 Å². The Kier molecular flexibility index (Phi) is 5.74. The SMILES string of the molecule is Cn1c(=O)[nH]c2c(Br)cn(CC(=O)Nc3nc(-c4ccc(C(F)(F)F)c(F)c4)cs3)c2c1=O. The molecule has 0 aliphatic carbocycles. The fourth-order valence-corrected chi connectivity index (χ4v) is 4.39. The first-order valence-corrected chi connectivity index (χ1v) is 10.7. The summed E-state index contributed by atoms with van der Waals surface area (Å²) in [4.78, 5) is 43.4. The summed E-state index contributed by atoms with van der Waals surface area (Å²) < 4.78 is 54.7. The van der Waals surface area contributed by atoms with Crippen LogP contribution in [-0.2, 0) is 24.6 Å². The van der Waals surface area contributed by atoms with Gasteiger partial charge in [0.05, 0.1) is 21.2 Å². The summed E-state index contributed by atoms with van der Waals surface area (Å²) in [5, 5.41) is 4.12. The molecule has 4 aromatic rings. The van der Waals surface area contributed by atoms with E-state index in [1.54, 1.807) is 0 Å². The first-order valence-electron chi connectivity index (χ1n) is 9.06. The monoisotopic (exact) mass is 545 g/mol. The predicted octanol–water partition coefficient (Wildman–Crippen LogP) is 3.71. The molecule has 14 heteroatoms. The van der Waals surface area contributed by atoms with Crippen molar-refractivity contribution in [3.05, 3.63) is 66.5 Å². The van der Waals surface area contributed by atoms with Crippen LogP contribution in [0.25, 0.3) is 22.3 Å². The predicted molar refractivity (Wildman–Crippen MR) is 117 cm³/mol. The van der Waals surface area contributed by atoms with E-state index in [2.05, 4.69) is 31.2 Å². The average Bonchev–Trinajstić information content (AvgIpc) is 3.30. The Morgan fingerprint density at radius 1 is 1.30 bits per heavy atom. The van der Waals surface area contributed by atoms with E-state index in [0.717, 1.165) is 28.0 Å². The highest BCUT2D eigenvalue weighted by Crippen LogP contribution is 2.34. The number of thiazole rings is 1. The molecule has 0 aliphatic heterocycles. The number of carbonyl (C=O) groups excluding carboxylic acids is 1. The van der Waals surface area contributed by atoms with Gasteiger partial charge in [0.25, 0.3) is 5.56 Å². The molecular formula is C19H12BrF4N5O3S. The summed E-state index contributed by atoms with van der Waals surface area (Å²) >= 11 is 4.23. The largest absolute Gasteiger partial charge is 0.419 e. The number of aromatic amines is 1. The van der Waals surface area contributed by atoms with Crippen LogP contribution in [0.5, 0.6) is 0 Å². The third kappa shape index (κ3) is 4.35. The quantitative estimate of drug-likeness (QED) is 0.381. The molecule has 0 bridgehead atoms. The van der Waals surface area contributed by atoms with Crippen LogP contribution in [0.3, 0.4) is 0 Å². The fraction of sp³-hybridized carbons (Fsp3) is 0.158. The zero-order chi connectivity index (χ0) is 24.1. The van der Waals surface area contributed by atoms with Crippen LogP contribution in [-0.4, -0.2) is 25.0 Å². The highest BCUT2D eigenvalue weighted by atomic mass is 79.9. The maximum Gasteiger partial charge on any atom is 0.419 e. The molecule has 0 saturated heterocycles. The van der Waals surface area contributed by atoms with Gasteiger partial charge in [0, 0.05) is 24.2 Å². The number of hydrogen-bond donors (Lipinski definition) is 2. The standard InChI is InChI=1S/C19H12BrF4N5O3S/c1-28-16(31)15-14(27-18(28)32)10(20)5-29(15)6-13(30)26-17-25-12(7-33-17)8-2-3-9(11(21)4-8)19(22,23)24/h2-5,7H,6H2,1H3,(H,27,32)(H,25,26,30). The first kappa shape index (κ1) is 22.9. The Balaban J connectivity index is 1.55. The lowest BCUT2D eigenvalue weighted by Gasteiger charge is -2.08. The Morgan fingerprint density at radius 2 is 2.03 bits per heavy atom. The number of alkyl halides is 3. The lowest BCUT2D eigenvalue weighted by molar-refractivity contribution is -0.140. The van der Waals surface area contributed by atoms with Crippen molar-refractivity contribution >= 4 is 49.3 Å². The topological polar surface area (TPSA) is 102 Å². The van der Waals surface area contributed by atoms with Crippen LogP contribution >= 0.6 is 27.3 Å². The highest BCUT2D eigenvalue weighted by Gasteiger charge is 2.34. The van der Waals surface area contributed by atoms with E-state index in [9.17, 15) is 31.9 Å². The summed E-state index contributed by atoms with van der Waals surface area (Å²) in [5.41, 5.74) is -1.92. The molecule has 0 aliphatic rings. The molecule has 1 amide bonds. The lowest BCUT2D eigenvalue weighted by atomic mass is 10.1. The number of amides is 1. The number of hydrogen-bond acceptors (Lipinski definition) is 5. The maximum absolute atomic E-state index is 13.8. The van der Waals surface area contributed by atoms with Gasteiger partial charge in [0.15, 0.2) is 5.13 Å². The minimum Gasteiger partial charge on any atom is -0.331 e. The van der Waals surface area contributed by atoms with Crippen LogP contribution in [0.4, 0.5) is 22.7 Å². The normalized spacial score (nSPS) is 11.8. The minimum absolute atomic E-state index is 0.110. The molecule has 2 N–H and O–H groups in total. The molecule has 172 valence electrons. The van der Waals surface area contributed by atoms with Crippen molar-refractivity contribution < 1.29 is 22.4 Å². The number of aromatic nitrogens is 4. The average molecular weight is 546 g/mol. The van der Waals surface area contributed by atoms with Gasteiger partial charge in [-0.05, 0) is 28.1 Å². The summed E-state index contributed by atoms with van der Waals surface area (Å²) in [7, 11) is 1.30. The molecule has 0 saturated carbocycles. The Bertz CT molecular complexity index is 1520. The zero-order valence-electron chi connectivity index (χ0n) is 16.5. The van der Waals surface area contributed by atoms with Gasteiger partial charge in [0.1, 0.15) is 17.9 Å². The molecule has 0 fully saturated rings. The van der Waals surface area contributed by atoms with Gasteiger partial charge in [-0.25, -0.2) is 14.2 Å². The number of fused-ring (bicyclic) bond motifs is 1. The van der Waals surface area contributed by atoms with E-state index >= 15 is 0 Å². The van der Waals surface area contributed by atoms with Crippen molar-refractivity contribution in [1.82, 2.24) is 19.1 Å². The van der Waals surface area contributed by atoms with Gasteiger partial charge in [0.2, 0.25) is 5.91 Å². The zero-order valence-corrected chi connectivity index (χ0v) is 18.9. The summed E-state index contributed by atoms with van der Waals surface area (Å²) in [6.07, 6.45) is -3.34. The maximum atomic E-state index is 13.8. The van der Waals surface area contributed by atoms with Gasteiger partial charge in [-0.1, -0.05) is 6.07 Å². The number of nitrogens with one attached hydrogen (secondary N) is 2. The van der Waals surface area contributed by atoms with Crippen LogP contribution < -0.4 is 16.6 Å². The third-order valence-electron chi connectivity index (χ3n) is 4.71. The third-order valence-corrected chi connectivity index (χ3v) is 6.07. The molecule has 0 spiro atoms. The van der Waals surface area contributed by atoms with E-state index in [1.807, 2.05) is 0 Å². The first-order chi connectivity index (χ1) is 15.5. The van der Waals surface area contributed by atoms with Crippen molar-refractivity contribution in [3.8, 4) is 11.3 Å². The van der Waals surface area contributed by atoms with Gasteiger partial charge < -0.3 is 14.9 Å². The molecule has 33 heavy (non-hydrogen) atoms. The van der Waals surface area contributed by atoms with Gasteiger partial charge in [-0.2, -0.15) is 13.2 Å². The lowest BCUT2D eigenvalue weighted by Crippen LogP contribution is -2.33. The molecule has 1 aromatic carbocycles. The smallest absolute Gasteiger partial charge is 0.331 e. The highest BCUT2D eigenvalue weighted by molar-refractivity contribution is 9.10. The fourth-order valence-electron chi connectivity index (χ4n) is 3.12. The molecule has 8 nitrogen and oxygen atoms in total. The van der Waals surface area contributed by atoms with Crippen LogP contribution in [0.15, 0.2) is 43.8 Å². The molecular weight excluding hydrogens is 534 g/mol. The van der Waals surface area contributed by atoms with Crippen LogP contribution in [0.2, 0.25) is 0 Å². The number of rotatable bonds is 4. The molecule has 0 unspecified atom stereocenters. The number of H-pyrrole nitrogens is 1. The Morgan fingerprint density at radius 3 is 2.70 bits per heavy atom. The van der Waals surface area contributed by atoms with E-state index in [4.69, 9.17) is 0 Å². The van der Waals surface area contributed by atoms with Crippen LogP contribution in [0.1, 0.15) is 5.56 Å². The number of benzene rings is 1. The van der Waals surface area contributed by atoms with Gasteiger partial charge >= 0.3 is 11.9 Å². The molecule has 3 heterocycles. The van der Waals surface area contributed by atoms with Crippen molar-refractivity contribution in [2.24, 2.45) is 7.05 Å². The Labute approximate surface area is 193 Å². The number of carbonyl (C=O) groups is 1. The van der Waals surface area contributed by atoms with E-state index in [1.165, 1.54) is 23.2 Å². The van der Waals surface area contributed by atoms with Crippen LogP contribution in [0, 0.1) is 5.82 Å². The minimum atomic E-state index is -4.81. The second-order valence-electron chi connectivity index (χ2n) is 6.90. The summed E-state index contributed by atoms with van der Waals surface area (Å²) in [5.74, 6) is -1.98. The van der Waals surface area contributed by atoms with E-state index in [0.29, 0.717) is 10.5 Å². The second kappa shape index (κ2) is 8.26. The van der Waals surface area contributed by atoms with E-state index in [-0.39, 0.29) is 34.0 Å². The van der Waals surface area contributed by atoms with Crippen molar-refractivity contribution in [1.29, 1.82) is 0 Å². The van der Waals surface area contributed by atoms with Gasteiger partial charge in [-0.15, -0.1) is 11.3 Å². The Hall–Kier alpha value is -3.26. The summed E-state index contributed by atoms with van der Waals surface area (Å²) in [6.45, 7) is -0.285. The second-order valence-corrected chi connectivity index (χ2v) is 8.61. The number of anilines is 1. The molecule has 0 atom stereocenters. The molecule has 3 aromatic heterocycles.